The van der Waals surface area contributed by atoms with Crippen molar-refractivity contribution in [3.8, 4) is 11.4 Å². The van der Waals surface area contributed by atoms with Crippen LogP contribution in [0.25, 0.3) is 5.69 Å². The smallest absolute Gasteiger partial charge is 0.318 e. The van der Waals surface area contributed by atoms with E-state index >= 15 is 0 Å². The molecule has 1 aliphatic heterocycles. The number of ether oxygens (including phenoxy) is 1. The van der Waals surface area contributed by atoms with Crippen LogP contribution in [0.3, 0.4) is 0 Å². The van der Waals surface area contributed by atoms with Gasteiger partial charge in [0.05, 0.1) is 24.9 Å². The van der Waals surface area contributed by atoms with E-state index < -0.39 is 0 Å². The van der Waals surface area contributed by atoms with E-state index in [0.717, 1.165) is 34.7 Å². The number of carbonyl (C=O) groups is 1. The molecule has 0 aliphatic carbocycles. The summed E-state index contributed by atoms with van der Waals surface area (Å²) in [5.74, 6) is 0.831. The second kappa shape index (κ2) is 9.87. The van der Waals surface area contributed by atoms with Crippen LogP contribution in [-0.4, -0.2) is 28.6 Å². The van der Waals surface area contributed by atoms with Gasteiger partial charge in [-0.2, -0.15) is 0 Å². The van der Waals surface area contributed by atoms with E-state index in [-0.39, 0.29) is 12.1 Å². The molecule has 5 heteroatoms. The third-order valence-electron chi connectivity index (χ3n) is 6.26. The zero-order valence-corrected chi connectivity index (χ0v) is 19.4. The summed E-state index contributed by atoms with van der Waals surface area (Å²) in [7, 11) is 0. The number of rotatable bonds is 6. The highest BCUT2D eigenvalue weighted by Crippen LogP contribution is 2.37. The van der Waals surface area contributed by atoms with Crippen LogP contribution >= 0.6 is 0 Å². The van der Waals surface area contributed by atoms with Crippen LogP contribution in [0.1, 0.15) is 35.3 Å². The Bertz CT molecular complexity index is 1250. The lowest BCUT2D eigenvalue weighted by atomic mass is 10.0. The van der Waals surface area contributed by atoms with Gasteiger partial charge >= 0.3 is 6.03 Å². The van der Waals surface area contributed by atoms with E-state index in [2.05, 4.69) is 58.5 Å². The molecule has 0 bridgehead atoms. The number of nitrogens with zero attached hydrogens (tertiary/aromatic N) is 2. The van der Waals surface area contributed by atoms with Gasteiger partial charge in [-0.15, -0.1) is 0 Å². The summed E-state index contributed by atoms with van der Waals surface area (Å²) in [5.41, 5.74) is 5.55. The van der Waals surface area contributed by atoms with Crippen molar-refractivity contribution in [3.63, 3.8) is 0 Å². The quantitative estimate of drug-likeness (QED) is 0.407. The summed E-state index contributed by atoms with van der Waals surface area (Å²) >= 11 is 0. The molecule has 0 saturated heterocycles. The maximum Gasteiger partial charge on any atom is 0.318 e. The number of para-hydroxylation sites is 1. The molecule has 2 heterocycles. The Hall–Kier alpha value is -3.99. The lowest BCUT2D eigenvalue weighted by Gasteiger charge is -2.31. The predicted octanol–water partition coefficient (Wildman–Crippen LogP) is 5.73. The van der Waals surface area contributed by atoms with Crippen LogP contribution in [0, 0.1) is 0 Å². The molecular formula is C29H29N3O2. The number of hydrogen-bond acceptors (Lipinski definition) is 2. The van der Waals surface area contributed by atoms with Crippen LogP contribution < -0.4 is 10.1 Å². The highest BCUT2D eigenvalue weighted by Gasteiger charge is 2.32. The first-order valence-electron chi connectivity index (χ1n) is 11.8. The monoisotopic (exact) mass is 451 g/mol. The van der Waals surface area contributed by atoms with Crippen molar-refractivity contribution in [3.05, 3.63) is 120 Å². The second-order valence-corrected chi connectivity index (χ2v) is 8.43. The largest absolute Gasteiger partial charge is 0.494 e. The highest BCUT2D eigenvalue weighted by atomic mass is 16.5. The first-order valence-corrected chi connectivity index (χ1v) is 11.8. The van der Waals surface area contributed by atoms with Gasteiger partial charge in [0.25, 0.3) is 0 Å². The minimum atomic E-state index is -0.227. The lowest BCUT2D eigenvalue weighted by Crippen LogP contribution is -2.42. The van der Waals surface area contributed by atoms with Gasteiger partial charge in [0.15, 0.2) is 0 Å². The van der Waals surface area contributed by atoms with Gasteiger partial charge in [-0.1, -0.05) is 60.7 Å². The summed E-state index contributed by atoms with van der Waals surface area (Å²) < 4.78 is 7.85. The molecule has 3 aromatic carbocycles. The van der Waals surface area contributed by atoms with Gasteiger partial charge in [-0.25, -0.2) is 4.79 Å². The maximum atomic E-state index is 13.6. The van der Waals surface area contributed by atoms with Crippen molar-refractivity contribution < 1.29 is 9.53 Å². The maximum absolute atomic E-state index is 13.6. The fourth-order valence-corrected chi connectivity index (χ4v) is 4.66. The third kappa shape index (κ3) is 4.42. The average molecular weight is 452 g/mol. The Labute approximate surface area is 200 Å². The van der Waals surface area contributed by atoms with Crippen molar-refractivity contribution in [1.29, 1.82) is 0 Å². The summed E-state index contributed by atoms with van der Waals surface area (Å²) in [5, 5.41) is 3.17. The van der Waals surface area contributed by atoms with E-state index in [4.69, 9.17) is 4.74 Å². The van der Waals surface area contributed by atoms with Gasteiger partial charge < -0.3 is 19.5 Å². The molecule has 172 valence electrons. The first kappa shape index (κ1) is 21.8. The van der Waals surface area contributed by atoms with Gasteiger partial charge in [0.1, 0.15) is 5.75 Å². The Morgan fingerprint density at radius 3 is 2.50 bits per heavy atom. The fourth-order valence-electron chi connectivity index (χ4n) is 4.66. The number of aromatic nitrogens is 1. The molecule has 0 saturated carbocycles. The minimum Gasteiger partial charge on any atom is -0.494 e. The minimum absolute atomic E-state index is 0.0701. The van der Waals surface area contributed by atoms with E-state index in [9.17, 15) is 4.79 Å². The molecule has 34 heavy (non-hydrogen) atoms. The van der Waals surface area contributed by atoms with Crippen molar-refractivity contribution in [2.24, 2.45) is 0 Å². The Balaban J connectivity index is 1.48. The number of hydrogen-bond donors (Lipinski definition) is 1. The van der Waals surface area contributed by atoms with Crippen LogP contribution in [0.2, 0.25) is 0 Å². The molecule has 0 radical (unpaired) electrons. The summed E-state index contributed by atoms with van der Waals surface area (Å²) in [4.78, 5) is 15.6. The molecule has 1 unspecified atom stereocenters. The number of nitrogens with one attached hydrogen (secondary N) is 1. The molecular weight excluding hydrogens is 422 g/mol. The van der Waals surface area contributed by atoms with Crippen LogP contribution in [0.4, 0.5) is 4.79 Å². The summed E-state index contributed by atoms with van der Waals surface area (Å²) in [6, 6.07) is 30.5. The first-order chi connectivity index (χ1) is 16.7. The third-order valence-corrected chi connectivity index (χ3v) is 6.26. The molecule has 2 amide bonds. The van der Waals surface area contributed by atoms with E-state index in [1.54, 1.807) is 0 Å². The van der Waals surface area contributed by atoms with Crippen molar-refractivity contribution in [1.82, 2.24) is 14.8 Å². The number of carbonyl (C=O) groups excluding carboxylic acids is 1. The number of fused-ring (bicyclic) bond motifs is 3. The molecule has 1 atom stereocenters. The Kier molecular flexibility index (Phi) is 6.34. The second-order valence-electron chi connectivity index (χ2n) is 8.43. The number of urea groups is 1. The van der Waals surface area contributed by atoms with Crippen molar-refractivity contribution in [2.45, 2.75) is 25.9 Å². The molecule has 0 fully saturated rings. The molecule has 5 nitrogen and oxygen atoms in total. The standard InChI is InChI=1S/C29H29N3O2/c1-2-34-25-16-14-23(15-17-25)28-27-13-8-20-31(27)26-12-7-6-11-24(26)21-32(28)29(33)30-19-18-22-9-4-3-5-10-22/h3-17,20,28H,2,18-19,21H2,1H3,(H,30,33). The zero-order valence-electron chi connectivity index (χ0n) is 19.4. The van der Waals surface area contributed by atoms with Gasteiger partial charge in [-0.05, 0) is 60.4 Å². The van der Waals surface area contributed by atoms with E-state index in [1.807, 2.05) is 60.4 Å². The average Bonchev–Trinajstić information content (AvgIpc) is 3.30. The Morgan fingerprint density at radius 2 is 1.71 bits per heavy atom. The normalized spacial score (nSPS) is 14.6. The van der Waals surface area contributed by atoms with Gasteiger partial charge in [0.2, 0.25) is 0 Å². The van der Waals surface area contributed by atoms with Gasteiger partial charge in [-0.3, -0.25) is 0 Å². The van der Waals surface area contributed by atoms with E-state index in [0.29, 0.717) is 19.7 Å². The highest BCUT2D eigenvalue weighted by molar-refractivity contribution is 5.76. The molecule has 5 rings (SSSR count). The lowest BCUT2D eigenvalue weighted by molar-refractivity contribution is 0.180. The topological polar surface area (TPSA) is 46.5 Å². The van der Waals surface area contributed by atoms with Crippen LogP contribution in [0.5, 0.6) is 5.75 Å². The number of amides is 2. The SMILES string of the molecule is CCOc1ccc(C2c3cccn3-c3ccccc3CN2C(=O)NCCc2ccccc2)cc1. The molecule has 4 aromatic rings. The number of benzene rings is 3. The predicted molar refractivity (Wildman–Crippen MR) is 134 cm³/mol. The zero-order chi connectivity index (χ0) is 23.3. The summed E-state index contributed by atoms with van der Waals surface area (Å²) in [6.45, 7) is 3.70. The Morgan fingerprint density at radius 1 is 0.941 bits per heavy atom. The van der Waals surface area contributed by atoms with E-state index in [1.165, 1.54) is 5.56 Å². The van der Waals surface area contributed by atoms with Crippen molar-refractivity contribution in [2.75, 3.05) is 13.2 Å². The summed E-state index contributed by atoms with van der Waals surface area (Å²) in [6.07, 6.45) is 2.87. The molecule has 0 spiro atoms. The van der Waals surface area contributed by atoms with Crippen molar-refractivity contribution >= 4 is 6.03 Å². The molecule has 1 N–H and O–H groups in total. The molecule has 1 aliphatic rings. The van der Waals surface area contributed by atoms with Crippen LogP contribution in [-0.2, 0) is 13.0 Å². The molecule has 1 aromatic heterocycles. The fraction of sp³-hybridized carbons (Fsp3) is 0.207. The van der Waals surface area contributed by atoms with Gasteiger partial charge in [0, 0.05) is 18.4 Å². The van der Waals surface area contributed by atoms with Crippen LogP contribution in [0.15, 0.2) is 97.2 Å².